The van der Waals surface area contributed by atoms with E-state index in [0.29, 0.717) is 0 Å². The molecule has 0 nitrogen and oxygen atoms in total. The van der Waals surface area contributed by atoms with Gasteiger partial charge in [0.2, 0.25) is 0 Å². The van der Waals surface area contributed by atoms with E-state index in [9.17, 15) is 0 Å². The van der Waals surface area contributed by atoms with E-state index < -0.39 is 0 Å². The van der Waals surface area contributed by atoms with E-state index in [-0.39, 0.29) is 0 Å². The Morgan fingerprint density at radius 3 is 1.67 bits per heavy atom. The lowest BCUT2D eigenvalue weighted by molar-refractivity contribution is 1.78. The first-order valence-electron chi connectivity index (χ1n) is 3.67. The molecule has 0 aliphatic rings. The Hall–Kier alpha value is -0.650. The van der Waals surface area contributed by atoms with Gasteiger partial charge in [-0.1, -0.05) is 42.5 Å². The van der Waals surface area contributed by atoms with Gasteiger partial charge in [-0.3, -0.25) is 0 Å². The molecular formula is C10H11PS. The summed E-state index contributed by atoms with van der Waals surface area (Å²) in [6.07, 6.45) is 0. The maximum Gasteiger partial charge on any atom is -0.00934 e. The summed E-state index contributed by atoms with van der Waals surface area (Å²) >= 11 is 1.71. The topological polar surface area (TPSA) is 0 Å². The van der Waals surface area contributed by atoms with E-state index in [1.165, 1.54) is 5.30 Å². The summed E-state index contributed by atoms with van der Waals surface area (Å²) in [5, 5.41) is 5.32. The third-order valence-electron chi connectivity index (χ3n) is 1.22. The van der Waals surface area contributed by atoms with E-state index in [1.807, 2.05) is 53.2 Å². The number of benzene rings is 1. The highest BCUT2D eigenvalue weighted by Gasteiger charge is 1.72. The van der Waals surface area contributed by atoms with Crippen molar-refractivity contribution in [3.63, 3.8) is 0 Å². The summed E-state index contributed by atoms with van der Waals surface area (Å²) in [6.45, 7) is 0. The fourth-order valence-corrected chi connectivity index (χ4v) is 1.36. The first-order valence-corrected chi connectivity index (χ1v) is 5.19. The van der Waals surface area contributed by atoms with Crippen LogP contribution >= 0.6 is 20.6 Å². The Morgan fingerprint density at radius 1 is 0.833 bits per heavy atom. The molecule has 62 valence electrons. The van der Waals surface area contributed by atoms with Crippen LogP contribution in [0, 0.1) is 0 Å². The zero-order valence-electron chi connectivity index (χ0n) is 6.68. The van der Waals surface area contributed by atoms with Crippen LogP contribution in [0.5, 0.6) is 0 Å². The molecule has 1 atom stereocenters. The second-order valence-electron chi connectivity index (χ2n) is 2.20. The SMILES string of the molecule is Pc1ccccc1.c1ccsc1. The van der Waals surface area contributed by atoms with Crippen molar-refractivity contribution in [1.29, 1.82) is 0 Å². The van der Waals surface area contributed by atoms with Gasteiger partial charge >= 0.3 is 0 Å². The molecule has 1 heterocycles. The van der Waals surface area contributed by atoms with E-state index in [2.05, 4.69) is 9.24 Å². The van der Waals surface area contributed by atoms with Gasteiger partial charge < -0.3 is 0 Å². The molecule has 0 spiro atoms. The van der Waals surface area contributed by atoms with Crippen LogP contribution in [0.15, 0.2) is 53.2 Å². The van der Waals surface area contributed by atoms with Crippen LogP contribution in [0.4, 0.5) is 0 Å². The molecule has 0 fully saturated rings. The van der Waals surface area contributed by atoms with Crippen LogP contribution in [0.25, 0.3) is 0 Å². The summed E-state index contributed by atoms with van der Waals surface area (Å²) in [6, 6.07) is 14.2. The molecular weight excluding hydrogens is 183 g/mol. The van der Waals surface area contributed by atoms with Gasteiger partial charge in [-0.2, -0.15) is 11.3 Å². The molecule has 2 aromatic rings. The maximum atomic E-state index is 2.63. The van der Waals surface area contributed by atoms with Gasteiger partial charge in [-0.25, -0.2) is 0 Å². The molecule has 0 aliphatic heterocycles. The van der Waals surface area contributed by atoms with Crippen molar-refractivity contribution >= 4 is 25.9 Å². The van der Waals surface area contributed by atoms with Crippen LogP contribution < -0.4 is 5.30 Å². The standard InChI is InChI=1S/C6H7P.C4H4S/c7-6-4-2-1-3-5-6;1-2-4-5-3-1/h1-5H,7H2;1-4H. The third-order valence-corrected chi connectivity index (χ3v) is 2.24. The second-order valence-corrected chi connectivity index (χ2v) is 3.69. The number of hydrogen-bond acceptors (Lipinski definition) is 1. The molecule has 0 amide bonds. The van der Waals surface area contributed by atoms with E-state index in [0.717, 1.165) is 0 Å². The Kier molecular flexibility index (Phi) is 4.67. The molecule has 1 aromatic carbocycles. The van der Waals surface area contributed by atoms with Crippen LogP contribution in [0.3, 0.4) is 0 Å². The molecule has 1 unspecified atom stereocenters. The number of hydrogen-bond donors (Lipinski definition) is 0. The highest BCUT2D eigenvalue weighted by atomic mass is 32.1. The number of rotatable bonds is 0. The smallest absolute Gasteiger partial charge is 0.00934 e. The molecule has 0 bridgehead atoms. The molecule has 0 aliphatic carbocycles. The summed E-state index contributed by atoms with van der Waals surface area (Å²) < 4.78 is 0. The van der Waals surface area contributed by atoms with Crippen molar-refractivity contribution in [3.05, 3.63) is 53.2 Å². The minimum Gasteiger partial charge on any atom is -0.152 e. The zero-order valence-corrected chi connectivity index (χ0v) is 8.65. The highest BCUT2D eigenvalue weighted by molar-refractivity contribution is 7.27. The van der Waals surface area contributed by atoms with Gasteiger partial charge in [0, 0.05) is 0 Å². The molecule has 12 heavy (non-hydrogen) atoms. The first-order chi connectivity index (χ1) is 5.89. The summed E-state index contributed by atoms with van der Waals surface area (Å²) in [5.41, 5.74) is 0. The number of thiophene rings is 1. The first kappa shape index (κ1) is 9.44. The van der Waals surface area contributed by atoms with Crippen molar-refractivity contribution in [3.8, 4) is 0 Å². The lowest BCUT2D eigenvalue weighted by atomic mass is 10.4. The average Bonchev–Trinajstić information content (AvgIpc) is 2.62. The quantitative estimate of drug-likeness (QED) is 0.566. The average molecular weight is 194 g/mol. The predicted octanol–water partition coefficient (Wildman–Crippen LogP) is 2.94. The molecule has 0 saturated carbocycles. The largest absolute Gasteiger partial charge is 0.152 e. The van der Waals surface area contributed by atoms with Gasteiger partial charge in [-0.05, 0) is 16.1 Å². The van der Waals surface area contributed by atoms with Crippen molar-refractivity contribution in [2.24, 2.45) is 0 Å². The van der Waals surface area contributed by atoms with E-state index >= 15 is 0 Å². The lowest BCUT2D eigenvalue weighted by Gasteiger charge is -1.82. The van der Waals surface area contributed by atoms with Gasteiger partial charge in [-0.15, -0.1) is 9.24 Å². The Morgan fingerprint density at radius 2 is 1.42 bits per heavy atom. The Bertz CT molecular complexity index is 259. The van der Waals surface area contributed by atoms with Gasteiger partial charge in [0.1, 0.15) is 0 Å². The zero-order chi connectivity index (χ0) is 8.65. The molecule has 2 heteroatoms. The van der Waals surface area contributed by atoms with E-state index in [4.69, 9.17) is 0 Å². The van der Waals surface area contributed by atoms with Crippen LogP contribution in [-0.4, -0.2) is 0 Å². The summed E-state index contributed by atoms with van der Waals surface area (Å²) in [4.78, 5) is 0. The van der Waals surface area contributed by atoms with Crippen molar-refractivity contribution in [2.45, 2.75) is 0 Å². The molecule has 1 aromatic heterocycles. The second kappa shape index (κ2) is 5.93. The highest BCUT2D eigenvalue weighted by Crippen LogP contribution is 1.91. The van der Waals surface area contributed by atoms with Crippen LogP contribution in [-0.2, 0) is 0 Å². The maximum absolute atomic E-state index is 2.63. The molecule has 0 saturated heterocycles. The molecule has 2 rings (SSSR count). The predicted molar refractivity (Wildman–Crippen MR) is 60.1 cm³/mol. The van der Waals surface area contributed by atoms with Crippen LogP contribution in [0.1, 0.15) is 0 Å². The molecule has 0 N–H and O–H groups in total. The Labute approximate surface area is 79.5 Å². The minimum atomic E-state index is 1.24. The van der Waals surface area contributed by atoms with Crippen molar-refractivity contribution in [1.82, 2.24) is 0 Å². The lowest BCUT2D eigenvalue weighted by Crippen LogP contribution is -1.82. The van der Waals surface area contributed by atoms with Gasteiger partial charge in [0.15, 0.2) is 0 Å². The minimum absolute atomic E-state index is 1.24. The van der Waals surface area contributed by atoms with Gasteiger partial charge in [0.25, 0.3) is 0 Å². The van der Waals surface area contributed by atoms with Crippen molar-refractivity contribution in [2.75, 3.05) is 0 Å². The van der Waals surface area contributed by atoms with Crippen molar-refractivity contribution < 1.29 is 0 Å². The molecule has 0 radical (unpaired) electrons. The Balaban J connectivity index is 0.000000127. The monoisotopic (exact) mass is 194 g/mol. The summed E-state index contributed by atoms with van der Waals surface area (Å²) in [7, 11) is 2.63. The van der Waals surface area contributed by atoms with E-state index in [1.54, 1.807) is 11.3 Å². The third kappa shape index (κ3) is 4.27. The van der Waals surface area contributed by atoms with Crippen LogP contribution in [0.2, 0.25) is 0 Å². The fourth-order valence-electron chi connectivity index (χ4n) is 0.680. The normalized spacial score (nSPS) is 8.42. The summed E-state index contributed by atoms with van der Waals surface area (Å²) in [5.74, 6) is 0. The van der Waals surface area contributed by atoms with Gasteiger partial charge in [0.05, 0.1) is 0 Å². The fraction of sp³-hybridized carbons (Fsp3) is 0.